The molecule has 0 spiro atoms. The zero-order valence-electron chi connectivity index (χ0n) is 16.0. The van der Waals surface area contributed by atoms with Gasteiger partial charge in [0.1, 0.15) is 17.2 Å². The topological polar surface area (TPSA) is 65.3 Å². The van der Waals surface area contributed by atoms with E-state index in [1.807, 2.05) is 30.1 Å². The zero-order valence-corrected chi connectivity index (χ0v) is 16.8. The number of aromatic nitrogens is 1. The standard InChI is InChI=1S/C19H25N3O4S/c1-21(12-18(23)22-6-8-26-9-7-22)11-15-13-27-19(20-15)14-4-5-16(24-2)17(10-14)25-3/h4-5,10,13H,6-9,11-12H2,1-3H3/p+1. The average molecular weight is 393 g/mol. The minimum absolute atomic E-state index is 0.172. The summed E-state index contributed by atoms with van der Waals surface area (Å²) in [7, 11) is 5.27. The highest BCUT2D eigenvalue weighted by Crippen LogP contribution is 2.33. The molecule has 1 aliphatic rings. The number of carbonyl (C=O) groups excluding carboxylic acids is 1. The Bertz CT molecular complexity index is 774. The van der Waals surface area contributed by atoms with Crippen molar-refractivity contribution in [1.29, 1.82) is 0 Å². The van der Waals surface area contributed by atoms with E-state index >= 15 is 0 Å². The second-order valence-corrected chi connectivity index (χ2v) is 7.38. The first-order chi connectivity index (χ1) is 13.1. The van der Waals surface area contributed by atoms with Crippen molar-refractivity contribution in [3.8, 4) is 22.1 Å². The van der Waals surface area contributed by atoms with Crippen LogP contribution in [0.25, 0.3) is 10.6 Å². The summed E-state index contributed by atoms with van der Waals surface area (Å²) in [6, 6.07) is 5.79. The Hall–Kier alpha value is -2.16. The van der Waals surface area contributed by atoms with Gasteiger partial charge in [0.15, 0.2) is 18.0 Å². The number of amides is 1. The summed E-state index contributed by atoms with van der Waals surface area (Å²) in [5, 5.41) is 2.98. The molecule has 1 atom stereocenters. The average Bonchev–Trinajstić information content (AvgIpc) is 3.16. The minimum atomic E-state index is 0.172. The van der Waals surface area contributed by atoms with Crippen LogP contribution < -0.4 is 14.4 Å². The Morgan fingerprint density at radius 2 is 2.00 bits per heavy atom. The Morgan fingerprint density at radius 3 is 2.70 bits per heavy atom. The maximum absolute atomic E-state index is 12.4. The third kappa shape index (κ3) is 4.97. The molecule has 2 heterocycles. The molecule has 0 aliphatic carbocycles. The monoisotopic (exact) mass is 392 g/mol. The number of benzene rings is 1. The van der Waals surface area contributed by atoms with Crippen LogP contribution in [-0.2, 0) is 16.1 Å². The molecule has 1 N–H and O–H groups in total. The number of ether oxygens (including phenoxy) is 3. The van der Waals surface area contributed by atoms with Gasteiger partial charge in [-0.15, -0.1) is 11.3 Å². The summed E-state index contributed by atoms with van der Waals surface area (Å²) in [5.41, 5.74) is 1.98. The molecule has 8 heteroatoms. The van der Waals surface area contributed by atoms with E-state index in [4.69, 9.17) is 19.2 Å². The lowest BCUT2D eigenvalue weighted by Gasteiger charge is -2.27. The Balaban J connectivity index is 1.61. The molecule has 1 saturated heterocycles. The summed E-state index contributed by atoms with van der Waals surface area (Å²) >= 11 is 1.59. The molecule has 146 valence electrons. The number of rotatable bonds is 7. The maximum atomic E-state index is 12.4. The van der Waals surface area contributed by atoms with Crippen LogP contribution in [0.15, 0.2) is 23.6 Å². The predicted molar refractivity (Wildman–Crippen MR) is 104 cm³/mol. The van der Waals surface area contributed by atoms with Crippen molar-refractivity contribution < 1.29 is 23.9 Å². The largest absolute Gasteiger partial charge is 0.493 e. The van der Waals surface area contributed by atoms with Gasteiger partial charge in [0.2, 0.25) is 0 Å². The lowest BCUT2D eigenvalue weighted by Crippen LogP contribution is -3.09. The number of morpholine rings is 1. The van der Waals surface area contributed by atoms with E-state index in [0.29, 0.717) is 50.9 Å². The van der Waals surface area contributed by atoms with E-state index in [0.717, 1.165) is 21.2 Å². The van der Waals surface area contributed by atoms with Gasteiger partial charge < -0.3 is 24.0 Å². The molecule has 2 aromatic rings. The second kappa shape index (κ2) is 9.16. The lowest BCUT2D eigenvalue weighted by molar-refractivity contribution is -0.886. The fourth-order valence-electron chi connectivity index (χ4n) is 3.04. The number of thiazole rings is 1. The first-order valence-electron chi connectivity index (χ1n) is 8.94. The molecule has 1 aromatic heterocycles. The van der Waals surface area contributed by atoms with Crippen LogP contribution in [0.4, 0.5) is 0 Å². The van der Waals surface area contributed by atoms with Crippen LogP contribution in [0, 0.1) is 0 Å². The van der Waals surface area contributed by atoms with Crippen molar-refractivity contribution in [3.05, 3.63) is 29.3 Å². The third-order valence-corrected chi connectivity index (χ3v) is 5.42. The van der Waals surface area contributed by atoms with Crippen LogP contribution in [0.2, 0.25) is 0 Å². The minimum Gasteiger partial charge on any atom is -0.493 e. The number of quaternary nitrogens is 1. The highest BCUT2D eigenvalue weighted by Gasteiger charge is 2.21. The van der Waals surface area contributed by atoms with Gasteiger partial charge in [-0.05, 0) is 18.2 Å². The van der Waals surface area contributed by atoms with E-state index < -0.39 is 0 Å². The molecule has 7 nitrogen and oxygen atoms in total. The van der Waals surface area contributed by atoms with Gasteiger partial charge >= 0.3 is 0 Å². The fraction of sp³-hybridized carbons (Fsp3) is 0.474. The first kappa shape index (κ1) is 19.6. The zero-order chi connectivity index (χ0) is 19.2. The number of methoxy groups -OCH3 is 2. The third-order valence-electron chi connectivity index (χ3n) is 4.48. The summed E-state index contributed by atoms with van der Waals surface area (Å²) in [6.07, 6.45) is 0. The first-order valence-corrected chi connectivity index (χ1v) is 9.82. The Labute approximate surface area is 163 Å². The van der Waals surface area contributed by atoms with E-state index in [-0.39, 0.29) is 5.91 Å². The van der Waals surface area contributed by atoms with Gasteiger partial charge in [0.05, 0.1) is 34.5 Å². The van der Waals surface area contributed by atoms with Crippen LogP contribution in [0.1, 0.15) is 5.69 Å². The van der Waals surface area contributed by atoms with Gasteiger partial charge in [-0.3, -0.25) is 4.79 Å². The highest BCUT2D eigenvalue weighted by molar-refractivity contribution is 7.13. The number of hydrogen-bond acceptors (Lipinski definition) is 6. The van der Waals surface area contributed by atoms with Gasteiger partial charge in [-0.25, -0.2) is 4.98 Å². The number of nitrogens with zero attached hydrogens (tertiary/aromatic N) is 2. The summed E-state index contributed by atoms with van der Waals surface area (Å²) in [4.78, 5) is 20.1. The molecule has 27 heavy (non-hydrogen) atoms. The fourth-order valence-corrected chi connectivity index (χ4v) is 3.86. The molecule has 1 aromatic carbocycles. The maximum Gasteiger partial charge on any atom is 0.277 e. The van der Waals surface area contributed by atoms with E-state index in [2.05, 4.69) is 5.38 Å². The molecule has 1 unspecified atom stereocenters. The van der Waals surface area contributed by atoms with Crippen LogP contribution in [-0.4, -0.2) is 69.9 Å². The highest BCUT2D eigenvalue weighted by atomic mass is 32.1. The van der Waals surface area contributed by atoms with Gasteiger partial charge in [0.25, 0.3) is 5.91 Å². The van der Waals surface area contributed by atoms with E-state index in [1.54, 1.807) is 25.6 Å². The van der Waals surface area contributed by atoms with Crippen molar-refractivity contribution >= 4 is 17.2 Å². The molecule has 1 amide bonds. The van der Waals surface area contributed by atoms with Crippen molar-refractivity contribution in [2.45, 2.75) is 6.54 Å². The molecule has 0 bridgehead atoms. The van der Waals surface area contributed by atoms with E-state index in [9.17, 15) is 4.79 Å². The molecule has 1 fully saturated rings. The van der Waals surface area contributed by atoms with Gasteiger partial charge in [-0.2, -0.15) is 0 Å². The predicted octanol–water partition coefficient (Wildman–Crippen LogP) is 0.701. The molecular formula is C19H26N3O4S+. The second-order valence-electron chi connectivity index (χ2n) is 6.52. The molecule has 0 radical (unpaired) electrons. The number of likely N-dealkylation sites (N-methyl/N-ethyl adjacent to an activating group) is 1. The SMILES string of the molecule is COc1ccc(-c2nc(C[NH+](C)CC(=O)N3CCOCC3)cs2)cc1OC. The normalized spacial score (nSPS) is 15.4. The smallest absolute Gasteiger partial charge is 0.277 e. The summed E-state index contributed by atoms with van der Waals surface area (Å²) in [6.45, 7) is 3.80. The van der Waals surface area contributed by atoms with Crippen molar-refractivity contribution in [2.75, 3.05) is 54.1 Å². The van der Waals surface area contributed by atoms with Crippen molar-refractivity contribution in [1.82, 2.24) is 9.88 Å². The van der Waals surface area contributed by atoms with E-state index in [1.165, 1.54) is 0 Å². The van der Waals surface area contributed by atoms with Gasteiger partial charge in [-0.1, -0.05) is 0 Å². The van der Waals surface area contributed by atoms with Crippen LogP contribution in [0.5, 0.6) is 11.5 Å². The summed E-state index contributed by atoms with van der Waals surface area (Å²) in [5.74, 6) is 1.56. The summed E-state index contributed by atoms with van der Waals surface area (Å²) < 4.78 is 16.0. The van der Waals surface area contributed by atoms with Crippen LogP contribution >= 0.6 is 11.3 Å². The van der Waals surface area contributed by atoms with Crippen LogP contribution in [0.3, 0.4) is 0 Å². The van der Waals surface area contributed by atoms with Crippen molar-refractivity contribution in [3.63, 3.8) is 0 Å². The molecule has 3 rings (SSSR count). The Kier molecular flexibility index (Phi) is 6.65. The molecular weight excluding hydrogens is 366 g/mol. The number of hydrogen-bond donors (Lipinski definition) is 1. The number of carbonyl (C=O) groups is 1. The number of nitrogens with one attached hydrogen (secondary N) is 1. The molecule has 0 saturated carbocycles. The quantitative estimate of drug-likeness (QED) is 0.752. The Morgan fingerprint density at radius 1 is 1.26 bits per heavy atom. The lowest BCUT2D eigenvalue weighted by atomic mass is 10.2. The van der Waals surface area contributed by atoms with Gasteiger partial charge in [0, 0.05) is 24.0 Å². The van der Waals surface area contributed by atoms with Crippen molar-refractivity contribution in [2.24, 2.45) is 0 Å². The molecule has 1 aliphatic heterocycles.